The van der Waals surface area contributed by atoms with Crippen molar-refractivity contribution < 1.29 is 38.0 Å². The van der Waals surface area contributed by atoms with Crippen LogP contribution in [0.5, 0.6) is 0 Å². The monoisotopic (exact) mass is 466 g/mol. The van der Waals surface area contributed by atoms with Crippen molar-refractivity contribution in [3.8, 4) is 11.8 Å². The Morgan fingerprint density at radius 3 is 2.18 bits per heavy atom. The van der Waals surface area contributed by atoms with E-state index in [2.05, 4.69) is 26.9 Å². The van der Waals surface area contributed by atoms with Gasteiger partial charge in [-0.3, -0.25) is 0 Å². The number of carbonyl (C=O) groups is 2. The van der Waals surface area contributed by atoms with Crippen LogP contribution in [0.25, 0.3) is 0 Å². The maximum absolute atomic E-state index is 11.5. The zero-order chi connectivity index (χ0) is 24.4. The molecule has 0 fully saturated rings. The molecule has 0 radical (unpaired) electrons. The highest BCUT2D eigenvalue weighted by Crippen LogP contribution is 2.06. The first-order valence-corrected chi connectivity index (χ1v) is 10.6. The quantitative estimate of drug-likeness (QED) is 0.249. The SMILES string of the molecule is COC(=O)c1ccnc(C#CCOCCOCCOCCOCCNC(=O)OC(C)(C)C)c1. The second kappa shape index (κ2) is 16.9. The van der Waals surface area contributed by atoms with E-state index in [1.54, 1.807) is 12.1 Å². The molecule has 1 aromatic heterocycles. The van der Waals surface area contributed by atoms with Crippen molar-refractivity contribution in [2.45, 2.75) is 26.4 Å². The molecule has 0 bridgehead atoms. The van der Waals surface area contributed by atoms with Crippen LogP contribution in [0.15, 0.2) is 18.3 Å². The van der Waals surface area contributed by atoms with Gasteiger partial charge in [-0.2, -0.15) is 0 Å². The third kappa shape index (κ3) is 15.7. The minimum Gasteiger partial charge on any atom is -0.465 e. The van der Waals surface area contributed by atoms with Crippen LogP contribution in [0.4, 0.5) is 4.79 Å². The van der Waals surface area contributed by atoms with Crippen LogP contribution in [0.3, 0.4) is 0 Å². The molecular weight excluding hydrogens is 432 g/mol. The van der Waals surface area contributed by atoms with Gasteiger partial charge in [-0.25, -0.2) is 14.6 Å². The molecule has 0 unspecified atom stereocenters. The number of hydrogen-bond donors (Lipinski definition) is 1. The zero-order valence-electron chi connectivity index (χ0n) is 19.8. The number of nitrogens with zero attached hydrogens (tertiary/aromatic N) is 1. The molecule has 1 heterocycles. The van der Waals surface area contributed by atoms with Crippen LogP contribution in [0.1, 0.15) is 36.8 Å². The average Bonchev–Trinajstić information content (AvgIpc) is 2.77. The van der Waals surface area contributed by atoms with Crippen LogP contribution in [-0.2, 0) is 28.4 Å². The fraction of sp³-hybridized carbons (Fsp3) is 0.609. The van der Waals surface area contributed by atoms with Crippen molar-refractivity contribution in [3.05, 3.63) is 29.6 Å². The summed E-state index contributed by atoms with van der Waals surface area (Å²) >= 11 is 0. The Labute approximate surface area is 195 Å². The van der Waals surface area contributed by atoms with Gasteiger partial charge in [-0.1, -0.05) is 5.92 Å². The molecule has 10 heteroatoms. The standard InChI is InChI=1S/C23H34N2O8/c1-23(2,3)33-22(27)25-9-11-30-13-15-32-17-16-31-14-12-29-10-5-6-20-18-19(7-8-24-20)21(26)28-4/h7-8,18H,9-17H2,1-4H3,(H,25,27). The lowest BCUT2D eigenvalue weighted by molar-refractivity contribution is 0.00125. The van der Waals surface area contributed by atoms with E-state index in [1.165, 1.54) is 13.3 Å². The number of ether oxygens (including phenoxy) is 6. The van der Waals surface area contributed by atoms with E-state index in [0.29, 0.717) is 64.1 Å². The molecule has 0 saturated heterocycles. The van der Waals surface area contributed by atoms with Gasteiger partial charge in [0.2, 0.25) is 0 Å². The largest absolute Gasteiger partial charge is 0.465 e. The molecule has 0 aliphatic rings. The highest BCUT2D eigenvalue weighted by atomic mass is 16.6. The average molecular weight is 467 g/mol. The van der Waals surface area contributed by atoms with Gasteiger partial charge in [-0.15, -0.1) is 0 Å². The van der Waals surface area contributed by atoms with Crippen LogP contribution < -0.4 is 5.32 Å². The molecule has 0 aromatic carbocycles. The molecule has 10 nitrogen and oxygen atoms in total. The number of esters is 1. The predicted molar refractivity (Wildman–Crippen MR) is 120 cm³/mol. The zero-order valence-corrected chi connectivity index (χ0v) is 19.8. The van der Waals surface area contributed by atoms with Crippen molar-refractivity contribution in [2.24, 2.45) is 0 Å². The topological polar surface area (TPSA) is 114 Å². The van der Waals surface area contributed by atoms with E-state index in [9.17, 15) is 9.59 Å². The van der Waals surface area contributed by atoms with Gasteiger partial charge < -0.3 is 33.7 Å². The first-order valence-electron chi connectivity index (χ1n) is 10.6. The lowest BCUT2D eigenvalue weighted by atomic mass is 10.2. The van der Waals surface area contributed by atoms with Gasteiger partial charge in [0, 0.05) is 12.7 Å². The molecule has 1 amide bonds. The Morgan fingerprint density at radius 1 is 0.970 bits per heavy atom. The molecule has 0 aliphatic heterocycles. The second-order valence-corrected chi connectivity index (χ2v) is 7.54. The second-order valence-electron chi connectivity index (χ2n) is 7.54. The Kier molecular flexibility index (Phi) is 14.5. The summed E-state index contributed by atoms with van der Waals surface area (Å²) in [4.78, 5) is 27.0. The van der Waals surface area contributed by atoms with E-state index < -0.39 is 17.7 Å². The van der Waals surface area contributed by atoms with Gasteiger partial charge in [0.15, 0.2) is 0 Å². The Morgan fingerprint density at radius 2 is 1.58 bits per heavy atom. The number of methoxy groups -OCH3 is 1. The van der Waals surface area contributed by atoms with Crippen molar-refractivity contribution in [2.75, 3.05) is 66.5 Å². The molecule has 1 N–H and O–H groups in total. The Balaban J connectivity index is 1.91. The van der Waals surface area contributed by atoms with Crippen molar-refractivity contribution in [1.29, 1.82) is 0 Å². The summed E-state index contributed by atoms with van der Waals surface area (Å²) in [6, 6.07) is 3.13. The van der Waals surface area contributed by atoms with Crippen molar-refractivity contribution >= 4 is 12.1 Å². The summed E-state index contributed by atoms with van der Waals surface area (Å²) in [5.74, 6) is 5.23. The maximum Gasteiger partial charge on any atom is 0.407 e. The van der Waals surface area contributed by atoms with E-state index in [-0.39, 0.29) is 6.61 Å². The summed E-state index contributed by atoms with van der Waals surface area (Å²) in [6.07, 6.45) is 1.04. The van der Waals surface area contributed by atoms with Crippen LogP contribution in [0, 0.1) is 11.8 Å². The number of hydrogen-bond acceptors (Lipinski definition) is 9. The Hall–Kier alpha value is -2.71. The lowest BCUT2D eigenvalue weighted by Gasteiger charge is -2.19. The van der Waals surface area contributed by atoms with E-state index in [1.807, 2.05) is 20.8 Å². The maximum atomic E-state index is 11.5. The number of rotatable bonds is 14. The summed E-state index contributed by atoms with van der Waals surface area (Å²) < 4.78 is 31.3. The number of alkyl carbamates (subject to hydrolysis) is 1. The minimum atomic E-state index is -0.514. The number of aromatic nitrogens is 1. The van der Waals surface area contributed by atoms with Gasteiger partial charge in [-0.05, 0) is 38.8 Å². The number of pyridine rings is 1. The molecule has 33 heavy (non-hydrogen) atoms. The van der Waals surface area contributed by atoms with Gasteiger partial charge in [0.05, 0.1) is 58.9 Å². The molecule has 184 valence electrons. The summed E-state index contributed by atoms with van der Waals surface area (Å²) in [6.45, 7) is 8.98. The lowest BCUT2D eigenvalue weighted by Crippen LogP contribution is -2.34. The Bertz CT molecular complexity index is 768. The molecule has 0 atom stereocenters. The van der Waals surface area contributed by atoms with Crippen LogP contribution >= 0.6 is 0 Å². The predicted octanol–water partition coefficient (Wildman–Crippen LogP) is 1.81. The molecule has 0 aliphatic carbocycles. The first-order chi connectivity index (χ1) is 15.8. The van der Waals surface area contributed by atoms with E-state index in [4.69, 9.17) is 23.7 Å². The van der Waals surface area contributed by atoms with Crippen LogP contribution in [-0.4, -0.2) is 89.2 Å². The van der Waals surface area contributed by atoms with Gasteiger partial charge in [0.1, 0.15) is 17.9 Å². The molecular formula is C23H34N2O8. The first kappa shape index (κ1) is 28.3. The fourth-order valence-electron chi connectivity index (χ4n) is 2.19. The summed E-state index contributed by atoms with van der Waals surface area (Å²) in [5.41, 5.74) is 0.355. The molecule has 0 spiro atoms. The normalized spacial score (nSPS) is 10.8. The van der Waals surface area contributed by atoms with Crippen molar-refractivity contribution in [1.82, 2.24) is 10.3 Å². The van der Waals surface area contributed by atoms with E-state index in [0.717, 1.165) is 0 Å². The number of carbonyl (C=O) groups excluding carboxylic acids is 2. The van der Waals surface area contributed by atoms with Crippen LogP contribution in [0.2, 0.25) is 0 Å². The highest BCUT2D eigenvalue weighted by Gasteiger charge is 2.15. The number of nitrogens with one attached hydrogen (secondary N) is 1. The summed E-state index contributed by atoms with van der Waals surface area (Å²) in [5, 5.41) is 2.61. The van der Waals surface area contributed by atoms with Crippen molar-refractivity contribution in [3.63, 3.8) is 0 Å². The smallest absolute Gasteiger partial charge is 0.407 e. The minimum absolute atomic E-state index is 0.226. The third-order valence-electron chi connectivity index (χ3n) is 3.60. The molecule has 1 aromatic rings. The third-order valence-corrected chi connectivity index (χ3v) is 3.60. The summed E-state index contributed by atoms with van der Waals surface area (Å²) in [7, 11) is 1.32. The molecule has 1 rings (SSSR count). The van der Waals surface area contributed by atoms with Gasteiger partial charge in [0.25, 0.3) is 0 Å². The molecule has 0 saturated carbocycles. The number of amides is 1. The van der Waals surface area contributed by atoms with E-state index >= 15 is 0 Å². The fourth-order valence-corrected chi connectivity index (χ4v) is 2.19. The van der Waals surface area contributed by atoms with Gasteiger partial charge >= 0.3 is 12.1 Å². The highest BCUT2D eigenvalue weighted by molar-refractivity contribution is 5.89.